The first kappa shape index (κ1) is 15.9. The zero-order valence-electron chi connectivity index (χ0n) is 15.4. The Balaban J connectivity index is 1.78. The molecule has 4 aromatic rings. The van der Waals surface area contributed by atoms with Crippen molar-refractivity contribution in [2.75, 3.05) is 4.90 Å². The molecule has 0 bridgehead atoms. The quantitative estimate of drug-likeness (QED) is 0.331. The summed E-state index contributed by atoms with van der Waals surface area (Å²) in [6, 6.07) is 34.9. The second-order valence-corrected chi connectivity index (χ2v) is 7.16. The van der Waals surface area contributed by atoms with Gasteiger partial charge in [-0.3, -0.25) is 0 Å². The van der Waals surface area contributed by atoms with E-state index in [9.17, 15) is 0 Å². The topological polar surface area (TPSA) is 3.24 Å². The molecule has 0 radical (unpaired) electrons. The lowest BCUT2D eigenvalue weighted by Gasteiger charge is -2.35. The van der Waals surface area contributed by atoms with Crippen LogP contribution in [0, 0.1) is 6.92 Å². The summed E-state index contributed by atoms with van der Waals surface area (Å²) >= 11 is 0. The summed E-state index contributed by atoms with van der Waals surface area (Å²) in [5.41, 5.74) is 10.3. The minimum absolute atomic E-state index is 0.983. The second kappa shape index (κ2) is 6.44. The number of fused-ring (bicyclic) bond motifs is 2. The number of aryl methyl sites for hydroxylation is 1. The van der Waals surface area contributed by atoms with Gasteiger partial charge < -0.3 is 4.90 Å². The zero-order valence-corrected chi connectivity index (χ0v) is 15.4. The molecule has 0 atom stereocenters. The standard InChI is InChI=1S/C26H21N/c1-19-15-16-25-22(17-19)18-21-11-5-7-13-24(21)27(25)26-14-8-6-12-23(26)20-9-3-2-4-10-20/h2-17H,18H2,1H3. The van der Waals surface area contributed by atoms with Crippen LogP contribution in [0.25, 0.3) is 11.1 Å². The van der Waals surface area contributed by atoms with Crippen molar-refractivity contribution in [1.29, 1.82) is 0 Å². The van der Waals surface area contributed by atoms with E-state index in [-0.39, 0.29) is 0 Å². The summed E-state index contributed by atoms with van der Waals surface area (Å²) in [6.45, 7) is 2.17. The van der Waals surface area contributed by atoms with Crippen LogP contribution in [0.5, 0.6) is 0 Å². The molecule has 27 heavy (non-hydrogen) atoms. The van der Waals surface area contributed by atoms with E-state index in [0.717, 1.165) is 6.42 Å². The fourth-order valence-corrected chi connectivity index (χ4v) is 4.08. The highest BCUT2D eigenvalue weighted by atomic mass is 15.2. The van der Waals surface area contributed by atoms with Crippen molar-refractivity contribution in [2.24, 2.45) is 0 Å². The summed E-state index contributed by atoms with van der Waals surface area (Å²) < 4.78 is 0. The number of nitrogens with zero attached hydrogens (tertiary/aromatic N) is 1. The van der Waals surface area contributed by atoms with E-state index in [4.69, 9.17) is 0 Å². The Morgan fingerprint density at radius 2 is 1.26 bits per heavy atom. The van der Waals surface area contributed by atoms with Gasteiger partial charge in [-0.25, -0.2) is 0 Å². The van der Waals surface area contributed by atoms with Gasteiger partial charge in [0.05, 0.1) is 5.69 Å². The fourth-order valence-electron chi connectivity index (χ4n) is 4.08. The Kier molecular flexibility index (Phi) is 3.79. The Morgan fingerprint density at radius 3 is 2.11 bits per heavy atom. The molecule has 0 saturated heterocycles. The molecule has 0 fully saturated rings. The number of para-hydroxylation sites is 2. The summed E-state index contributed by atoms with van der Waals surface area (Å²) in [5.74, 6) is 0. The smallest absolute Gasteiger partial charge is 0.0540 e. The molecular weight excluding hydrogens is 326 g/mol. The number of hydrogen-bond donors (Lipinski definition) is 0. The van der Waals surface area contributed by atoms with Gasteiger partial charge in [0.2, 0.25) is 0 Å². The van der Waals surface area contributed by atoms with Gasteiger partial charge in [0.25, 0.3) is 0 Å². The van der Waals surface area contributed by atoms with E-state index in [1.165, 1.54) is 44.9 Å². The lowest BCUT2D eigenvalue weighted by atomic mass is 9.92. The van der Waals surface area contributed by atoms with E-state index < -0.39 is 0 Å². The number of rotatable bonds is 2. The van der Waals surface area contributed by atoms with Gasteiger partial charge in [0.1, 0.15) is 0 Å². The molecule has 0 unspecified atom stereocenters. The normalized spacial score (nSPS) is 12.4. The molecule has 1 aliphatic heterocycles. The summed E-state index contributed by atoms with van der Waals surface area (Å²) in [5, 5.41) is 0. The largest absolute Gasteiger partial charge is 0.309 e. The molecular formula is C26H21N. The van der Waals surface area contributed by atoms with Crippen molar-refractivity contribution in [3.8, 4) is 11.1 Å². The van der Waals surface area contributed by atoms with E-state index in [1.54, 1.807) is 0 Å². The van der Waals surface area contributed by atoms with Gasteiger partial charge in [-0.15, -0.1) is 0 Å². The van der Waals surface area contributed by atoms with Gasteiger partial charge in [0, 0.05) is 23.4 Å². The van der Waals surface area contributed by atoms with Crippen molar-refractivity contribution in [1.82, 2.24) is 0 Å². The van der Waals surface area contributed by atoms with Crippen molar-refractivity contribution in [2.45, 2.75) is 13.3 Å². The third-order valence-electron chi connectivity index (χ3n) is 5.32. The molecule has 0 aromatic heterocycles. The lowest BCUT2D eigenvalue weighted by Crippen LogP contribution is -2.19. The van der Waals surface area contributed by atoms with Crippen molar-refractivity contribution < 1.29 is 0 Å². The number of benzene rings is 4. The summed E-state index contributed by atoms with van der Waals surface area (Å²) in [4.78, 5) is 2.43. The average Bonchev–Trinajstić information content (AvgIpc) is 2.72. The zero-order chi connectivity index (χ0) is 18.2. The minimum atomic E-state index is 0.983. The van der Waals surface area contributed by atoms with Crippen molar-refractivity contribution >= 4 is 17.1 Å². The van der Waals surface area contributed by atoms with Crippen molar-refractivity contribution in [3.05, 3.63) is 114 Å². The van der Waals surface area contributed by atoms with E-state index in [1.807, 2.05) is 0 Å². The third-order valence-corrected chi connectivity index (χ3v) is 5.32. The van der Waals surface area contributed by atoms with Gasteiger partial charge in [-0.1, -0.05) is 84.4 Å². The molecule has 1 heterocycles. The van der Waals surface area contributed by atoms with E-state index >= 15 is 0 Å². The highest BCUT2D eigenvalue weighted by molar-refractivity contribution is 5.91. The van der Waals surface area contributed by atoms with Crippen LogP contribution in [-0.4, -0.2) is 0 Å². The van der Waals surface area contributed by atoms with Crippen LogP contribution in [0.1, 0.15) is 16.7 Å². The maximum absolute atomic E-state index is 2.43. The van der Waals surface area contributed by atoms with E-state index in [0.29, 0.717) is 0 Å². The van der Waals surface area contributed by atoms with Gasteiger partial charge in [-0.2, -0.15) is 0 Å². The van der Waals surface area contributed by atoms with Gasteiger partial charge in [-0.05, 0) is 41.8 Å². The Labute approximate surface area is 160 Å². The molecule has 5 rings (SSSR count). The van der Waals surface area contributed by atoms with E-state index in [2.05, 4.69) is 109 Å². The second-order valence-electron chi connectivity index (χ2n) is 7.16. The molecule has 1 heteroatoms. The Morgan fingerprint density at radius 1 is 0.593 bits per heavy atom. The maximum Gasteiger partial charge on any atom is 0.0540 e. The van der Waals surface area contributed by atoms with Crippen LogP contribution < -0.4 is 4.90 Å². The third kappa shape index (κ3) is 2.72. The maximum atomic E-state index is 2.43. The first-order valence-electron chi connectivity index (χ1n) is 9.43. The van der Waals surface area contributed by atoms with Gasteiger partial charge >= 0.3 is 0 Å². The monoisotopic (exact) mass is 347 g/mol. The molecule has 1 aliphatic rings. The fraction of sp³-hybridized carbons (Fsp3) is 0.0769. The molecule has 4 aromatic carbocycles. The Hall–Kier alpha value is -3.32. The first-order chi connectivity index (χ1) is 13.3. The SMILES string of the molecule is Cc1ccc2c(c1)Cc1ccccc1N2c1ccccc1-c1ccccc1. The summed E-state index contributed by atoms with van der Waals surface area (Å²) in [7, 11) is 0. The highest BCUT2D eigenvalue weighted by Gasteiger charge is 2.25. The summed E-state index contributed by atoms with van der Waals surface area (Å²) in [6.07, 6.45) is 0.983. The molecule has 0 spiro atoms. The van der Waals surface area contributed by atoms with Crippen LogP contribution in [-0.2, 0) is 6.42 Å². The number of anilines is 3. The Bertz CT molecular complexity index is 1110. The minimum Gasteiger partial charge on any atom is -0.309 e. The first-order valence-corrected chi connectivity index (χ1v) is 9.43. The molecule has 0 saturated carbocycles. The molecule has 0 N–H and O–H groups in total. The van der Waals surface area contributed by atoms with Crippen LogP contribution in [0.2, 0.25) is 0 Å². The van der Waals surface area contributed by atoms with Crippen LogP contribution in [0.4, 0.5) is 17.1 Å². The number of hydrogen-bond acceptors (Lipinski definition) is 1. The predicted octanol–water partition coefficient (Wildman–Crippen LogP) is 7.04. The van der Waals surface area contributed by atoms with Crippen LogP contribution in [0.3, 0.4) is 0 Å². The molecule has 0 amide bonds. The van der Waals surface area contributed by atoms with Gasteiger partial charge in [0.15, 0.2) is 0 Å². The average molecular weight is 347 g/mol. The van der Waals surface area contributed by atoms with Crippen LogP contribution in [0.15, 0.2) is 97.1 Å². The molecule has 1 nitrogen and oxygen atoms in total. The molecule has 130 valence electrons. The molecule has 0 aliphatic carbocycles. The van der Waals surface area contributed by atoms with Crippen molar-refractivity contribution in [3.63, 3.8) is 0 Å². The van der Waals surface area contributed by atoms with Crippen LogP contribution >= 0.6 is 0 Å². The highest BCUT2D eigenvalue weighted by Crippen LogP contribution is 2.46. The predicted molar refractivity (Wildman–Crippen MR) is 114 cm³/mol. The lowest BCUT2D eigenvalue weighted by molar-refractivity contribution is 1.08.